The fourth-order valence-corrected chi connectivity index (χ4v) is 4.35. The Balaban J connectivity index is 1.51. The SMILES string of the molecule is CC(C)c1nnc2c3ccccc3nc(N3CCCN(C(=O)c4c(F)cccc4F)CC3)n12. The van der Waals surface area contributed by atoms with E-state index in [0.29, 0.717) is 38.5 Å². The molecule has 4 aromatic rings. The largest absolute Gasteiger partial charge is 0.340 e. The number of rotatable bonds is 3. The maximum absolute atomic E-state index is 14.2. The second-order valence-corrected chi connectivity index (χ2v) is 8.53. The summed E-state index contributed by atoms with van der Waals surface area (Å²) >= 11 is 0. The van der Waals surface area contributed by atoms with Crippen LogP contribution in [0, 0.1) is 11.6 Å². The van der Waals surface area contributed by atoms with Gasteiger partial charge < -0.3 is 9.80 Å². The van der Waals surface area contributed by atoms with Gasteiger partial charge in [0.15, 0.2) is 5.65 Å². The summed E-state index contributed by atoms with van der Waals surface area (Å²) in [5, 5.41) is 9.79. The van der Waals surface area contributed by atoms with Crippen molar-refractivity contribution in [2.24, 2.45) is 0 Å². The number of benzene rings is 2. The Morgan fingerprint density at radius 2 is 1.70 bits per heavy atom. The molecule has 0 aliphatic carbocycles. The topological polar surface area (TPSA) is 66.6 Å². The predicted molar refractivity (Wildman–Crippen MR) is 121 cm³/mol. The van der Waals surface area contributed by atoms with Crippen molar-refractivity contribution in [3.8, 4) is 0 Å². The first-order chi connectivity index (χ1) is 16.0. The van der Waals surface area contributed by atoms with E-state index in [1.165, 1.54) is 11.0 Å². The van der Waals surface area contributed by atoms with Crippen molar-refractivity contribution in [3.63, 3.8) is 0 Å². The first-order valence-electron chi connectivity index (χ1n) is 11.1. The van der Waals surface area contributed by atoms with Crippen LogP contribution in [0.4, 0.5) is 14.7 Å². The minimum atomic E-state index is -0.843. The van der Waals surface area contributed by atoms with Gasteiger partial charge >= 0.3 is 0 Å². The molecule has 1 saturated heterocycles. The highest BCUT2D eigenvalue weighted by molar-refractivity contribution is 5.95. The molecule has 7 nitrogen and oxygen atoms in total. The summed E-state index contributed by atoms with van der Waals surface area (Å²) in [6, 6.07) is 11.3. The Morgan fingerprint density at radius 1 is 0.939 bits per heavy atom. The van der Waals surface area contributed by atoms with E-state index in [2.05, 4.69) is 28.9 Å². The number of hydrogen-bond donors (Lipinski definition) is 0. The third-order valence-electron chi connectivity index (χ3n) is 6.01. The van der Waals surface area contributed by atoms with E-state index in [9.17, 15) is 13.6 Å². The van der Waals surface area contributed by atoms with E-state index in [1.807, 2.05) is 28.7 Å². The van der Waals surface area contributed by atoms with Crippen molar-refractivity contribution in [1.82, 2.24) is 24.5 Å². The first-order valence-corrected chi connectivity index (χ1v) is 11.1. The van der Waals surface area contributed by atoms with Crippen molar-refractivity contribution < 1.29 is 13.6 Å². The van der Waals surface area contributed by atoms with Crippen LogP contribution < -0.4 is 4.90 Å². The van der Waals surface area contributed by atoms with Crippen molar-refractivity contribution >= 4 is 28.4 Å². The number of hydrogen-bond acceptors (Lipinski definition) is 5. The van der Waals surface area contributed by atoms with Gasteiger partial charge in [0, 0.05) is 37.5 Å². The Kier molecular flexibility index (Phi) is 5.39. The van der Waals surface area contributed by atoms with Crippen molar-refractivity contribution in [3.05, 3.63) is 65.5 Å². The quantitative estimate of drug-likeness (QED) is 0.472. The van der Waals surface area contributed by atoms with Crippen molar-refractivity contribution in [2.75, 3.05) is 31.1 Å². The molecule has 9 heteroatoms. The third-order valence-corrected chi connectivity index (χ3v) is 6.01. The number of carbonyl (C=O) groups excluding carboxylic acids is 1. The summed E-state index contributed by atoms with van der Waals surface area (Å²) in [4.78, 5) is 21.4. The molecule has 0 bridgehead atoms. The molecule has 0 unspecified atom stereocenters. The number of anilines is 1. The number of amides is 1. The molecule has 0 atom stereocenters. The molecule has 3 heterocycles. The van der Waals surface area contributed by atoms with E-state index in [-0.39, 0.29) is 5.92 Å². The molecule has 5 rings (SSSR count). The van der Waals surface area contributed by atoms with Gasteiger partial charge in [-0.2, -0.15) is 0 Å². The van der Waals surface area contributed by atoms with E-state index in [0.717, 1.165) is 34.5 Å². The number of fused-ring (bicyclic) bond motifs is 3. The second kappa shape index (κ2) is 8.38. The Labute approximate surface area is 189 Å². The molecule has 1 fully saturated rings. The Hall–Kier alpha value is -3.62. The lowest BCUT2D eigenvalue weighted by Gasteiger charge is -2.24. The molecule has 1 amide bonds. The average Bonchev–Trinajstić information content (AvgIpc) is 3.10. The summed E-state index contributed by atoms with van der Waals surface area (Å²) in [5.74, 6) is -0.658. The standard InChI is InChI=1S/C24H24F2N6O/c1-15(2)21-28-29-22-16-7-3-4-10-19(16)27-24(32(21)22)31-12-6-11-30(13-14-31)23(33)20-17(25)8-5-9-18(20)26/h3-5,7-10,15H,6,11-14H2,1-2H3. The minimum Gasteiger partial charge on any atom is -0.340 e. The Bertz CT molecular complexity index is 1330. The molecule has 170 valence electrons. The number of halogens is 2. The molecule has 0 radical (unpaired) electrons. The normalized spacial score (nSPS) is 14.9. The smallest absolute Gasteiger partial charge is 0.259 e. The van der Waals surface area contributed by atoms with Crippen LogP contribution in [0.3, 0.4) is 0 Å². The van der Waals surface area contributed by atoms with Crippen LogP contribution in [0.25, 0.3) is 16.6 Å². The van der Waals surface area contributed by atoms with Crippen LogP contribution in [0.2, 0.25) is 0 Å². The average molecular weight is 450 g/mol. The zero-order chi connectivity index (χ0) is 23.1. The van der Waals surface area contributed by atoms with Gasteiger partial charge in [-0.25, -0.2) is 18.2 Å². The zero-order valence-corrected chi connectivity index (χ0v) is 18.5. The van der Waals surface area contributed by atoms with Gasteiger partial charge in [-0.3, -0.25) is 4.79 Å². The van der Waals surface area contributed by atoms with Gasteiger partial charge in [0.05, 0.1) is 5.52 Å². The summed E-state index contributed by atoms with van der Waals surface area (Å²) in [5.41, 5.74) is 1.05. The first kappa shape index (κ1) is 21.2. The second-order valence-electron chi connectivity index (χ2n) is 8.53. The zero-order valence-electron chi connectivity index (χ0n) is 18.5. The van der Waals surface area contributed by atoms with Crippen LogP contribution in [0.1, 0.15) is 42.4 Å². The number of nitrogens with zero attached hydrogens (tertiary/aromatic N) is 6. The molecular formula is C24H24F2N6O. The lowest BCUT2D eigenvalue weighted by Crippen LogP contribution is -2.36. The van der Waals surface area contributed by atoms with E-state index in [4.69, 9.17) is 4.98 Å². The van der Waals surface area contributed by atoms with Crippen LogP contribution in [-0.4, -0.2) is 56.6 Å². The Morgan fingerprint density at radius 3 is 2.45 bits per heavy atom. The summed E-state index contributed by atoms with van der Waals surface area (Å²) in [6.07, 6.45) is 0.636. The lowest BCUT2D eigenvalue weighted by atomic mass is 10.1. The van der Waals surface area contributed by atoms with Gasteiger partial charge in [-0.05, 0) is 30.7 Å². The highest BCUT2D eigenvalue weighted by atomic mass is 19.1. The monoisotopic (exact) mass is 450 g/mol. The molecule has 0 saturated carbocycles. The molecule has 0 spiro atoms. The van der Waals surface area contributed by atoms with Crippen molar-refractivity contribution in [2.45, 2.75) is 26.2 Å². The fraction of sp³-hybridized carbons (Fsp3) is 0.333. The molecule has 2 aromatic heterocycles. The van der Waals surface area contributed by atoms with Gasteiger partial charge in [-0.15, -0.1) is 10.2 Å². The molecular weight excluding hydrogens is 426 g/mol. The summed E-state index contributed by atoms with van der Waals surface area (Å²) in [7, 11) is 0. The van der Waals surface area contributed by atoms with Gasteiger partial charge in [0.25, 0.3) is 5.91 Å². The van der Waals surface area contributed by atoms with Crippen molar-refractivity contribution in [1.29, 1.82) is 0 Å². The third kappa shape index (κ3) is 3.67. The van der Waals surface area contributed by atoms with Gasteiger partial charge in [0.1, 0.15) is 23.0 Å². The number of para-hydroxylation sites is 1. The molecule has 0 N–H and O–H groups in total. The van der Waals surface area contributed by atoms with Crippen LogP contribution in [0.5, 0.6) is 0 Å². The van der Waals surface area contributed by atoms with Crippen LogP contribution in [-0.2, 0) is 0 Å². The highest BCUT2D eigenvalue weighted by Crippen LogP contribution is 2.27. The molecule has 33 heavy (non-hydrogen) atoms. The molecule has 1 aliphatic heterocycles. The lowest BCUT2D eigenvalue weighted by molar-refractivity contribution is 0.0757. The van der Waals surface area contributed by atoms with E-state index < -0.39 is 23.1 Å². The summed E-state index contributed by atoms with van der Waals surface area (Å²) < 4.78 is 30.3. The van der Waals surface area contributed by atoms with E-state index in [1.54, 1.807) is 0 Å². The van der Waals surface area contributed by atoms with E-state index >= 15 is 0 Å². The predicted octanol–water partition coefficient (Wildman–Crippen LogP) is 4.03. The fourth-order valence-electron chi connectivity index (χ4n) is 4.35. The molecule has 1 aliphatic rings. The number of aromatic nitrogens is 4. The van der Waals surface area contributed by atoms with Crippen LogP contribution in [0.15, 0.2) is 42.5 Å². The molecule has 2 aromatic carbocycles. The van der Waals surface area contributed by atoms with Gasteiger partial charge in [0.2, 0.25) is 5.95 Å². The maximum atomic E-state index is 14.2. The minimum absolute atomic E-state index is 0.135. The summed E-state index contributed by atoms with van der Waals surface area (Å²) in [6.45, 7) is 5.95. The highest BCUT2D eigenvalue weighted by Gasteiger charge is 2.27. The maximum Gasteiger partial charge on any atom is 0.259 e. The van der Waals surface area contributed by atoms with Crippen LogP contribution >= 0.6 is 0 Å². The van der Waals surface area contributed by atoms with Gasteiger partial charge in [-0.1, -0.05) is 32.0 Å². The number of carbonyl (C=O) groups is 1.